The molecular formula is C12H12BrFN4O. The topological polar surface area (TPSA) is 65.4 Å². The first kappa shape index (κ1) is 13.5. The molecule has 19 heavy (non-hydrogen) atoms. The van der Waals surface area contributed by atoms with Crippen LogP contribution in [0, 0.1) is 12.7 Å². The Bertz CT molecular complexity index is 639. The molecule has 0 bridgehead atoms. The van der Waals surface area contributed by atoms with Gasteiger partial charge in [-0.1, -0.05) is 0 Å². The number of aromatic nitrogens is 2. The molecule has 0 aliphatic carbocycles. The van der Waals surface area contributed by atoms with Gasteiger partial charge < -0.3 is 10.5 Å². The zero-order valence-electron chi connectivity index (χ0n) is 10.4. The molecule has 2 rings (SSSR count). The summed E-state index contributed by atoms with van der Waals surface area (Å²) in [6.45, 7) is 1.80. The maximum Gasteiger partial charge on any atom is 0.221 e. The molecule has 0 spiro atoms. The highest BCUT2D eigenvalue weighted by Gasteiger charge is 2.10. The molecule has 0 amide bonds. The second-order valence-corrected chi connectivity index (χ2v) is 4.60. The van der Waals surface area contributed by atoms with Gasteiger partial charge in [-0.05, 0) is 35.0 Å². The highest BCUT2D eigenvalue weighted by Crippen LogP contribution is 2.29. The number of methoxy groups -OCH3 is 1. The Hall–Kier alpha value is -1.89. The lowest BCUT2D eigenvalue weighted by Gasteiger charge is -2.06. The molecule has 2 aromatic rings. The Balaban J connectivity index is 2.40. The third-order valence-corrected chi connectivity index (χ3v) is 3.27. The van der Waals surface area contributed by atoms with E-state index in [1.807, 2.05) is 0 Å². The number of ether oxygens (including phenoxy) is 1. The predicted octanol–water partition coefficient (Wildman–Crippen LogP) is 2.57. The van der Waals surface area contributed by atoms with E-state index in [9.17, 15) is 4.39 Å². The van der Waals surface area contributed by atoms with Crippen LogP contribution in [0.1, 0.15) is 11.3 Å². The summed E-state index contributed by atoms with van der Waals surface area (Å²) in [5.74, 6) is 0.359. The van der Waals surface area contributed by atoms with Crippen LogP contribution in [0.2, 0.25) is 0 Å². The fraction of sp³-hybridized carbons (Fsp3) is 0.167. The lowest BCUT2D eigenvalue weighted by Crippen LogP contribution is -1.99. The number of halogens is 2. The predicted molar refractivity (Wildman–Crippen MR) is 75.0 cm³/mol. The summed E-state index contributed by atoms with van der Waals surface area (Å²) >= 11 is 3.28. The summed E-state index contributed by atoms with van der Waals surface area (Å²) in [7, 11) is 1.51. The molecule has 0 aliphatic heterocycles. The number of hydrogen-bond donors (Lipinski definition) is 1. The van der Waals surface area contributed by atoms with Crippen LogP contribution in [-0.2, 0) is 0 Å². The van der Waals surface area contributed by atoms with E-state index in [2.05, 4.69) is 26.0 Å². The highest BCUT2D eigenvalue weighted by atomic mass is 79.9. The average molecular weight is 327 g/mol. The SMILES string of the molecule is COc1ccc(F)c(C=Nn2cc(C)nc2N)c1Br. The Morgan fingerprint density at radius 2 is 2.26 bits per heavy atom. The minimum atomic E-state index is -0.410. The number of anilines is 1. The number of imidazole rings is 1. The van der Waals surface area contributed by atoms with E-state index in [-0.39, 0.29) is 11.5 Å². The number of nitrogen functional groups attached to an aromatic ring is 1. The molecule has 0 saturated carbocycles. The molecule has 0 saturated heterocycles. The first-order valence-corrected chi connectivity index (χ1v) is 6.20. The first-order valence-electron chi connectivity index (χ1n) is 5.40. The van der Waals surface area contributed by atoms with E-state index in [4.69, 9.17) is 10.5 Å². The average Bonchev–Trinajstić information content (AvgIpc) is 2.68. The van der Waals surface area contributed by atoms with Crippen molar-refractivity contribution in [3.8, 4) is 5.75 Å². The summed E-state index contributed by atoms with van der Waals surface area (Å²) in [6.07, 6.45) is 3.01. The van der Waals surface area contributed by atoms with Crippen molar-refractivity contribution >= 4 is 28.1 Å². The van der Waals surface area contributed by atoms with Crippen LogP contribution in [0.5, 0.6) is 5.75 Å². The fourth-order valence-electron chi connectivity index (χ4n) is 1.54. The molecule has 7 heteroatoms. The minimum Gasteiger partial charge on any atom is -0.496 e. The Morgan fingerprint density at radius 3 is 2.84 bits per heavy atom. The van der Waals surface area contributed by atoms with Crippen LogP contribution in [0.15, 0.2) is 27.9 Å². The van der Waals surface area contributed by atoms with Gasteiger partial charge in [0, 0.05) is 5.56 Å². The van der Waals surface area contributed by atoms with Crippen LogP contribution < -0.4 is 10.5 Å². The molecule has 0 unspecified atom stereocenters. The van der Waals surface area contributed by atoms with E-state index in [1.54, 1.807) is 13.1 Å². The van der Waals surface area contributed by atoms with Gasteiger partial charge in [-0.3, -0.25) is 0 Å². The van der Waals surface area contributed by atoms with Gasteiger partial charge in [0.2, 0.25) is 5.95 Å². The molecule has 100 valence electrons. The van der Waals surface area contributed by atoms with Gasteiger partial charge in [0.1, 0.15) is 11.6 Å². The molecule has 2 N–H and O–H groups in total. The van der Waals surface area contributed by atoms with Gasteiger partial charge in [0.15, 0.2) is 0 Å². The normalized spacial score (nSPS) is 11.2. The van der Waals surface area contributed by atoms with E-state index in [0.29, 0.717) is 10.2 Å². The van der Waals surface area contributed by atoms with E-state index in [1.165, 1.54) is 30.1 Å². The lowest BCUT2D eigenvalue weighted by atomic mass is 10.2. The van der Waals surface area contributed by atoms with Crippen molar-refractivity contribution < 1.29 is 9.13 Å². The van der Waals surface area contributed by atoms with Crippen molar-refractivity contribution in [2.75, 3.05) is 12.8 Å². The summed E-state index contributed by atoms with van der Waals surface area (Å²) in [5.41, 5.74) is 6.66. The molecule has 5 nitrogen and oxygen atoms in total. The standard InChI is InChI=1S/C12H12BrFN4O/c1-7-6-18(12(15)17-7)16-5-8-9(14)3-4-10(19-2)11(8)13/h3-6H,1-2H3,(H2,15,17). The molecular weight excluding hydrogens is 315 g/mol. The van der Waals surface area contributed by atoms with E-state index in [0.717, 1.165) is 5.69 Å². The number of benzene rings is 1. The van der Waals surface area contributed by atoms with Gasteiger partial charge in [-0.2, -0.15) is 5.10 Å². The Morgan fingerprint density at radius 1 is 1.53 bits per heavy atom. The quantitative estimate of drug-likeness (QED) is 0.881. The summed E-state index contributed by atoms with van der Waals surface area (Å²) < 4.78 is 20.7. The van der Waals surface area contributed by atoms with E-state index >= 15 is 0 Å². The second-order valence-electron chi connectivity index (χ2n) is 3.81. The van der Waals surface area contributed by atoms with Gasteiger partial charge in [-0.25, -0.2) is 14.1 Å². The number of aryl methyl sites for hydroxylation is 1. The van der Waals surface area contributed by atoms with Gasteiger partial charge in [0.25, 0.3) is 0 Å². The number of hydrogen-bond acceptors (Lipinski definition) is 4. The monoisotopic (exact) mass is 326 g/mol. The van der Waals surface area contributed by atoms with Crippen molar-refractivity contribution in [3.05, 3.63) is 39.9 Å². The Labute approximate surface area is 118 Å². The van der Waals surface area contributed by atoms with E-state index < -0.39 is 5.82 Å². The van der Waals surface area contributed by atoms with Gasteiger partial charge in [-0.15, -0.1) is 0 Å². The number of nitrogens with two attached hydrogens (primary N) is 1. The summed E-state index contributed by atoms with van der Waals surface area (Å²) in [5, 5.41) is 4.07. The number of rotatable bonds is 3. The smallest absolute Gasteiger partial charge is 0.221 e. The van der Waals surface area contributed by atoms with Crippen LogP contribution in [0.25, 0.3) is 0 Å². The van der Waals surface area contributed by atoms with Crippen molar-refractivity contribution in [3.63, 3.8) is 0 Å². The van der Waals surface area contributed by atoms with Gasteiger partial charge in [0.05, 0.1) is 29.7 Å². The number of nitrogens with zero attached hydrogens (tertiary/aromatic N) is 3. The molecule has 0 atom stereocenters. The lowest BCUT2D eigenvalue weighted by molar-refractivity contribution is 0.410. The molecule has 1 aromatic heterocycles. The zero-order chi connectivity index (χ0) is 14.0. The molecule has 0 aliphatic rings. The third-order valence-electron chi connectivity index (χ3n) is 2.46. The maximum atomic E-state index is 13.7. The van der Waals surface area contributed by atoms with Crippen LogP contribution in [0.4, 0.5) is 10.3 Å². The first-order chi connectivity index (χ1) is 9.02. The summed E-state index contributed by atoms with van der Waals surface area (Å²) in [6, 6.07) is 2.85. The van der Waals surface area contributed by atoms with Crippen LogP contribution >= 0.6 is 15.9 Å². The highest BCUT2D eigenvalue weighted by molar-refractivity contribution is 9.10. The van der Waals surface area contributed by atoms with Crippen molar-refractivity contribution in [2.24, 2.45) is 5.10 Å². The minimum absolute atomic E-state index is 0.244. The van der Waals surface area contributed by atoms with Crippen molar-refractivity contribution in [2.45, 2.75) is 6.92 Å². The largest absolute Gasteiger partial charge is 0.496 e. The van der Waals surface area contributed by atoms with Gasteiger partial charge >= 0.3 is 0 Å². The molecule has 0 fully saturated rings. The second kappa shape index (κ2) is 5.40. The van der Waals surface area contributed by atoms with Crippen LogP contribution in [0.3, 0.4) is 0 Å². The molecule has 0 radical (unpaired) electrons. The van der Waals surface area contributed by atoms with Crippen LogP contribution in [-0.4, -0.2) is 23.0 Å². The fourth-order valence-corrected chi connectivity index (χ4v) is 2.13. The zero-order valence-corrected chi connectivity index (χ0v) is 12.0. The Kier molecular flexibility index (Phi) is 3.84. The summed E-state index contributed by atoms with van der Waals surface area (Å²) in [4.78, 5) is 4.00. The van der Waals surface area contributed by atoms with Crippen molar-refractivity contribution in [1.82, 2.24) is 9.66 Å². The third kappa shape index (κ3) is 2.76. The van der Waals surface area contributed by atoms with Crippen molar-refractivity contribution in [1.29, 1.82) is 0 Å². The molecule has 1 aromatic carbocycles. The maximum absolute atomic E-state index is 13.7. The molecule has 1 heterocycles.